The van der Waals surface area contributed by atoms with Crippen molar-refractivity contribution in [3.63, 3.8) is 0 Å². The summed E-state index contributed by atoms with van der Waals surface area (Å²) in [4.78, 5) is 87.1. The molecule has 4 fully saturated rings. The zero-order chi connectivity index (χ0) is 47.9. The van der Waals surface area contributed by atoms with Crippen LogP contribution >= 0.6 is 0 Å². The number of hydrogen-bond acceptors (Lipinski definition) is 9. The number of carbonyl (C=O) groups excluding carboxylic acids is 6. The number of amides is 6. The fraction of sp³-hybridized carbons (Fsp3) is 0.660. The third-order valence-corrected chi connectivity index (χ3v) is 16.1. The van der Waals surface area contributed by atoms with Crippen LogP contribution in [0.3, 0.4) is 0 Å². The molecule has 8 atom stereocenters. The zero-order valence-electron chi connectivity index (χ0n) is 40.7. The Morgan fingerprint density at radius 2 is 1.04 bits per heavy atom. The summed E-state index contributed by atoms with van der Waals surface area (Å²) in [6.45, 7) is 8.71. The minimum absolute atomic E-state index is 0.0460. The highest BCUT2D eigenvalue weighted by molar-refractivity contribution is 5.95. The Kier molecular flexibility index (Phi) is 16.5. The quantitative estimate of drug-likeness (QED) is 0.167. The predicted octanol–water partition coefficient (Wildman–Crippen LogP) is 4.80. The molecule has 0 bridgehead atoms. The number of rotatable bonds is 15. The molecule has 0 unspecified atom stereocenters. The molecule has 68 heavy (non-hydrogen) atoms. The lowest BCUT2D eigenvalue weighted by molar-refractivity contribution is -0.144. The van der Waals surface area contributed by atoms with Crippen molar-refractivity contribution in [1.82, 2.24) is 36.4 Å². The summed E-state index contributed by atoms with van der Waals surface area (Å²) in [5.74, 6) is -1.38. The third-order valence-electron chi connectivity index (χ3n) is 16.1. The number of nitrogens with zero attached hydrogens (tertiary/aromatic N) is 2. The van der Waals surface area contributed by atoms with Crippen molar-refractivity contribution in [3.8, 4) is 11.1 Å². The Morgan fingerprint density at radius 1 is 0.603 bits per heavy atom. The first-order chi connectivity index (χ1) is 33.0. The van der Waals surface area contributed by atoms with E-state index in [1.54, 1.807) is 23.8 Å². The average molecular weight is 938 g/mol. The van der Waals surface area contributed by atoms with E-state index in [9.17, 15) is 28.8 Å². The summed E-state index contributed by atoms with van der Waals surface area (Å²) in [7, 11) is 1.72. The van der Waals surface area contributed by atoms with E-state index in [0.717, 1.165) is 67.2 Å². The minimum Gasteiger partial charge on any atom is -0.381 e. The van der Waals surface area contributed by atoms with Crippen LogP contribution in [0.5, 0.6) is 0 Å². The Balaban J connectivity index is 0.970. The molecule has 4 heterocycles. The van der Waals surface area contributed by atoms with Gasteiger partial charge in [-0.05, 0) is 156 Å². The average Bonchev–Trinajstić information content (AvgIpc) is 4.08. The van der Waals surface area contributed by atoms with Crippen LogP contribution < -0.4 is 26.6 Å². The van der Waals surface area contributed by atoms with E-state index in [2.05, 4.69) is 63.0 Å². The highest BCUT2D eigenvalue weighted by Gasteiger charge is 2.44. The minimum atomic E-state index is -0.727. The van der Waals surface area contributed by atoms with Crippen LogP contribution in [0.25, 0.3) is 11.1 Å². The van der Waals surface area contributed by atoms with Gasteiger partial charge in [0, 0.05) is 45.4 Å². The molecule has 5 N–H and O–H groups in total. The topological polar surface area (TPSA) is 188 Å². The van der Waals surface area contributed by atoms with Gasteiger partial charge < -0.3 is 45.9 Å². The van der Waals surface area contributed by atoms with Gasteiger partial charge in [0.15, 0.2) is 0 Å². The lowest BCUT2D eigenvalue weighted by atomic mass is 9.78. The van der Waals surface area contributed by atoms with Crippen molar-refractivity contribution < 1.29 is 38.2 Å². The van der Waals surface area contributed by atoms with Gasteiger partial charge in [-0.15, -0.1) is 0 Å². The molecule has 2 aromatic rings. The molecule has 0 radical (unpaired) electrons. The van der Waals surface area contributed by atoms with E-state index >= 15 is 0 Å². The molecule has 2 aliphatic carbocycles. The van der Waals surface area contributed by atoms with Crippen LogP contribution in [0.15, 0.2) is 36.4 Å². The predicted molar refractivity (Wildman–Crippen MR) is 258 cm³/mol. The lowest BCUT2D eigenvalue weighted by Crippen LogP contribution is -2.58. The van der Waals surface area contributed by atoms with Crippen LogP contribution in [-0.4, -0.2) is 122 Å². The largest absolute Gasteiger partial charge is 0.381 e. The van der Waals surface area contributed by atoms with Crippen LogP contribution in [0.4, 0.5) is 0 Å². The van der Waals surface area contributed by atoms with Crippen LogP contribution in [0.1, 0.15) is 139 Å². The van der Waals surface area contributed by atoms with Crippen LogP contribution in [-0.2, 0) is 51.1 Å². The fourth-order valence-corrected chi connectivity index (χ4v) is 11.8. The van der Waals surface area contributed by atoms with Crippen molar-refractivity contribution in [2.75, 3.05) is 46.6 Å². The van der Waals surface area contributed by atoms with Crippen LogP contribution in [0.2, 0.25) is 0 Å². The molecule has 8 rings (SSSR count). The Hall–Kier alpha value is -4.86. The maximum atomic E-state index is 14.4. The van der Waals surface area contributed by atoms with Crippen molar-refractivity contribution in [2.24, 2.45) is 17.8 Å². The third kappa shape index (κ3) is 10.8. The molecule has 0 aromatic heterocycles. The van der Waals surface area contributed by atoms with E-state index in [4.69, 9.17) is 9.47 Å². The number of benzene rings is 2. The molecular formula is C53H75N7O8. The zero-order valence-corrected chi connectivity index (χ0v) is 40.7. The van der Waals surface area contributed by atoms with E-state index in [0.29, 0.717) is 90.9 Å². The summed E-state index contributed by atoms with van der Waals surface area (Å²) >= 11 is 0. The lowest BCUT2D eigenvalue weighted by Gasteiger charge is -2.36. The number of nitrogens with one attached hydrogen (secondary N) is 5. The SMILES string of the molecule is CC[C@@H](C)C(=O)N[C@H](C(=O)N1CCC[C@H]1C(=O)N[C@@H]1CCCc2c(-c3cccc4c3CCC[C@H]4NC(=O)[C@@H]3CCCN3C(=O)[C@@H](NC(=O)[C@H](C)NC)C3CCOCC3)cccc21)C1CCOCC1. The van der Waals surface area contributed by atoms with E-state index in [1.807, 2.05) is 13.8 Å². The van der Waals surface area contributed by atoms with Crippen molar-refractivity contribution in [2.45, 2.75) is 159 Å². The molecule has 4 aliphatic heterocycles. The normalized spacial score (nSPS) is 25.0. The molecule has 6 aliphatic rings. The van der Waals surface area contributed by atoms with Gasteiger partial charge >= 0.3 is 0 Å². The standard InChI is InChI=1S/C53H75N7O8/c1-5-32(2)48(61)57-46(34-22-28-67-29-23-34)52(65)59-26-10-20-44(59)50(63)55-42-18-8-14-38-36(12-6-16-40(38)42)37-13-7-17-41-39(37)15-9-19-43(41)56-51(64)45-21-11-27-60(45)53(66)47(35-24-30-68-31-25-35)58-49(62)33(3)54-4/h6-7,12-13,16-17,32-35,42-47,54H,5,8-11,14-15,18-31H2,1-4H3,(H,55,63)(H,56,64)(H,57,61)(H,58,62)/t32-,33+,42-,43-,44+,45+,46+,47+/m1/s1. The Labute approximate surface area is 402 Å². The second-order valence-electron chi connectivity index (χ2n) is 20.2. The molecule has 6 amide bonds. The molecule has 0 saturated carbocycles. The van der Waals surface area contributed by atoms with Gasteiger partial charge in [-0.25, -0.2) is 0 Å². The second-order valence-corrected chi connectivity index (χ2v) is 20.2. The van der Waals surface area contributed by atoms with Gasteiger partial charge in [-0.1, -0.05) is 50.2 Å². The number of fused-ring (bicyclic) bond motifs is 2. The first-order valence-corrected chi connectivity index (χ1v) is 25.9. The second kappa shape index (κ2) is 22.7. The monoisotopic (exact) mass is 938 g/mol. The molecule has 15 nitrogen and oxygen atoms in total. The summed E-state index contributed by atoms with van der Waals surface area (Å²) in [6, 6.07) is 9.20. The summed E-state index contributed by atoms with van der Waals surface area (Å²) in [5, 5.41) is 15.9. The molecule has 2 aromatic carbocycles. The van der Waals surface area contributed by atoms with E-state index in [-0.39, 0.29) is 65.3 Å². The molecule has 15 heteroatoms. The number of likely N-dealkylation sites (N-methyl/N-ethyl adjacent to an activating group) is 1. The number of likely N-dealkylation sites (tertiary alicyclic amines) is 2. The van der Waals surface area contributed by atoms with E-state index < -0.39 is 30.2 Å². The highest BCUT2D eigenvalue weighted by Crippen LogP contribution is 2.42. The number of ether oxygens (including phenoxy) is 2. The van der Waals surface area contributed by atoms with Gasteiger partial charge in [0.05, 0.1) is 18.1 Å². The van der Waals surface area contributed by atoms with Gasteiger partial charge in [0.25, 0.3) is 0 Å². The van der Waals surface area contributed by atoms with Crippen molar-refractivity contribution in [1.29, 1.82) is 0 Å². The van der Waals surface area contributed by atoms with Crippen molar-refractivity contribution >= 4 is 35.4 Å². The smallest absolute Gasteiger partial charge is 0.246 e. The summed E-state index contributed by atoms with van der Waals surface area (Å²) in [5.41, 5.74) is 6.89. The first-order valence-electron chi connectivity index (χ1n) is 25.9. The van der Waals surface area contributed by atoms with Gasteiger partial charge in [0.1, 0.15) is 24.2 Å². The van der Waals surface area contributed by atoms with Gasteiger partial charge in [-0.2, -0.15) is 0 Å². The maximum Gasteiger partial charge on any atom is 0.246 e. The maximum absolute atomic E-state index is 14.4. The fourth-order valence-electron chi connectivity index (χ4n) is 11.8. The molecule has 370 valence electrons. The van der Waals surface area contributed by atoms with Gasteiger partial charge in [-0.3, -0.25) is 28.8 Å². The van der Waals surface area contributed by atoms with Crippen molar-refractivity contribution in [3.05, 3.63) is 58.7 Å². The molecule has 4 saturated heterocycles. The summed E-state index contributed by atoms with van der Waals surface area (Å²) < 4.78 is 11.2. The van der Waals surface area contributed by atoms with Crippen LogP contribution in [0, 0.1) is 17.8 Å². The Bertz CT molecular complexity index is 2010. The molecule has 0 spiro atoms. The Morgan fingerprint density at radius 3 is 1.47 bits per heavy atom. The molecular weight excluding hydrogens is 863 g/mol. The van der Waals surface area contributed by atoms with Gasteiger partial charge in [0.2, 0.25) is 35.4 Å². The number of hydrogen-bond donors (Lipinski definition) is 5. The van der Waals surface area contributed by atoms with E-state index in [1.165, 1.54) is 11.1 Å². The highest BCUT2D eigenvalue weighted by atomic mass is 16.5. The number of carbonyl (C=O) groups is 6. The first kappa shape index (κ1) is 49.6. The summed E-state index contributed by atoms with van der Waals surface area (Å²) in [6.07, 6.45) is 11.0.